The van der Waals surface area contributed by atoms with Crippen LogP contribution in [0.3, 0.4) is 0 Å². The predicted molar refractivity (Wildman–Crippen MR) is 42.2 cm³/mol. The highest BCUT2D eigenvalue weighted by Crippen LogP contribution is 2.23. The first-order chi connectivity index (χ1) is 5.97. The standard InChI is InChI=1S/C8H14F3NO/c9-8(10,11)5-13-7-3-1-6(12)2-4-7/h6-7H,1-5,12H2/t6-,7-. The molecule has 0 amide bonds. The molecule has 0 unspecified atom stereocenters. The molecule has 0 aliphatic heterocycles. The first-order valence-electron chi connectivity index (χ1n) is 4.41. The third kappa shape index (κ3) is 4.47. The van der Waals surface area contributed by atoms with Gasteiger partial charge in [-0.25, -0.2) is 0 Å². The van der Waals surface area contributed by atoms with Crippen molar-refractivity contribution < 1.29 is 17.9 Å². The summed E-state index contributed by atoms with van der Waals surface area (Å²) in [5, 5.41) is 0. The Labute approximate surface area is 75.2 Å². The molecule has 0 radical (unpaired) electrons. The number of rotatable bonds is 2. The molecular weight excluding hydrogens is 183 g/mol. The summed E-state index contributed by atoms with van der Waals surface area (Å²) in [5.74, 6) is 0. The second kappa shape index (κ2) is 4.28. The van der Waals surface area contributed by atoms with Crippen LogP contribution in [0.25, 0.3) is 0 Å². The van der Waals surface area contributed by atoms with E-state index < -0.39 is 12.8 Å². The maximum absolute atomic E-state index is 11.7. The van der Waals surface area contributed by atoms with Crippen LogP contribution >= 0.6 is 0 Å². The molecule has 2 nitrogen and oxygen atoms in total. The van der Waals surface area contributed by atoms with Gasteiger partial charge >= 0.3 is 6.18 Å². The van der Waals surface area contributed by atoms with E-state index >= 15 is 0 Å². The van der Waals surface area contributed by atoms with Gasteiger partial charge in [-0.2, -0.15) is 13.2 Å². The van der Waals surface area contributed by atoms with E-state index in [0.29, 0.717) is 12.8 Å². The zero-order chi connectivity index (χ0) is 9.90. The van der Waals surface area contributed by atoms with Crippen LogP contribution in [-0.4, -0.2) is 24.9 Å². The Morgan fingerprint density at radius 1 is 1.15 bits per heavy atom. The van der Waals surface area contributed by atoms with Gasteiger partial charge in [0.25, 0.3) is 0 Å². The molecule has 1 fully saturated rings. The highest BCUT2D eigenvalue weighted by atomic mass is 19.4. The largest absolute Gasteiger partial charge is 0.411 e. The summed E-state index contributed by atoms with van der Waals surface area (Å²) in [4.78, 5) is 0. The molecule has 1 aliphatic carbocycles. The molecule has 0 aromatic carbocycles. The highest BCUT2D eigenvalue weighted by Gasteiger charge is 2.30. The van der Waals surface area contributed by atoms with E-state index in [-0.39, 0.29) is 12.1 Å². The lowest BCUT2D eigenvalue weighted by atomic mass is 9.94. The predicted octanol–water partition coefficient (Wildman–Crippen LogP) is 1.84. The highest BCUT2D eigenvalue weighted by molar-refractivity contribution is 4.74. The van der Waals surface area contributed by atoms with Gasteiger partial charge in [0.05, 0.1) is 6.10 Å². The van der Waals surface area contributed by atoms with E-state index in [9.17, 15) is 13.2 Å². The summed E-state index contributed by atoms with van der Waals surface area (Å²) in [5.41, 5.74) is 5.60. The Hall–Kier alpha value is -0.290. The van der Waals surface area contributed by atoms with Crippen molar-refractivity contribution in [1.82, 2.24) is 0 Å². The fourth-order valence-electron chi connectivity index (χ4n) is 1.47. The lowest BCUT2D eigenvalue weighted by Crippen LogP contribution is -2.32. The average molecular weight is 197 g/mol. The zero-order valence-electron chi connectivity index (χ0n) is 7.31. The molecule has 5 heteroatoms. The maximum Gasteiger partial charge on any atom is 0.411 e. The number of halogens is 3. The Balaban J connectivity index is 2.16. The molecule has 0 atom stereocenters. The van der Waals surface area contributed by atoms with Crippen LogP contribution in [0, 0.1) is 0 Å². The Kier molecular flexibility index (Phi) is 3.55. The van der Waals surface area contributed by atoms with Gasteiger partial charge in [-0.3, -0.25) is 0 Å². The van der Waals surface area contributed by atoms with Gasteiger partial charge in [-0.1, -0.05) is 0 Å². The van der Waals surface area contributed by atoms with Crippen LogP contribution in [-0.2, 0) is 4.74 Å². The van der Waals surface area contributed by atoms with Gasteiger partial charge in [0.1, 0.15) is 6.61 Å². The molecule has 0 spiro atoms. The fourth-order valence-corrected chi connectivity index (χ4v) is 1.47. The number of hydrogen-bond donors (Lipinski definition) is 1. The molecule has 0 bridgehead atoms. The van der Waals surface area contributed by atoms with Gasteiger partial charge in [-0.05, 0) is 25.7 Å². The van der Waals surface area contributed by atoms with Crippen LogP contribution in [0.15, 0.2) is 0 Å². The van der Waals surface area contributed by atoms with Gasteiger partial charge in [0, 0.05) is 6.04 Å². The Bertz CT molecular complexity index is 152. The summed E-state index contributed by atoms with van der Waals surface area (Å²) in [6.07, 6.45) is -1.62. The van der Waals surface area contributed by atoms with Crippen molar-refractivity contribution in [3.05, 3.63) is 0 Å². The summed E-state index contributed by atoms with van der Waals surface area (Å²) < 4.78 is 39.9. The average Bonchev–Trinajstić information content (AvgIpc) is 2.02. The first kappa shape index (κ1) is 10.8. The van der Waals surface area contributed by atoms with Crippen LogP contribution in [0.4, 0.5) is 13.2 Å². The molecule has 2 N–H and O–H groups in total. The van der Waals surface area contributed by atoms with E-state index in [0.717, 1.165) is 12.8 Å². The molecule has 13 heavy (non-hydrogen) atoms. The van der Waals surface area contributed by atoms with Crippen molar-refractivity contribution in [2.45, 2.75) is 44.0 Å². The fraction of sp³-hybridized carbons (Fsp3) is 1.00. The minimum Gasteiger partial charge on any atom is -0.369 e. The minimum absolute atomic E-state index is 0.144. The normalized spacial score (nSPS) is 30.5. The molecule has 1 saturated carbocycles. The molecule has 1 aliphatic rings. The second-order valence-corrected chi connectivity index (χ2v) is 3.46. The summed E-state index contributed by atoms with van der Waals surface area (Å²) in [6, 6.07) is 0.144. The SMILES string of the molecule is N[C@H]1CC[C@H](OCC(F)(F)F)CC1. The van der Waals surface area contributed by atoms with Crippen molar-refractivity contribution in [2.75, 3.05) is 6.61 Å². The number of alkyl halides is 3. The summed E-state index contributed by atoms with van der Waals surface area (Å²) >= 11 is 0. The molecule has 1 rings (SSSR count). The summed E-state index contributed by atoms with van der Waals surface area (Å²) in [7, 11) is 0. The van der Waals surface area contributed by atoms with Gasteiger partial charge in [0.15, 0.2) is 0 Å². The first-order valence-corrected chi connectivity index (χ1v) is 4.41. The lowest BCUT2D eigenvalue weighted by Gasteiger charge is -2.26. The zero-order valence-corrected chi connectivity index (χ0v) is 7.31. The third-order valence-electron chi connectivity index (χ3n) is 2.20. The Morgan fingerprint density at radius 3 is 2.15 bits per heavy atom. The van der Waals surface area contributed by atoms with Crippen molar-refractivity contribution in [3.63, 3.8) is 0 Å². The van der Waals surface area contributed by atoms with Crippen molar-refractivity contribution in [2.24, 2.45) is 5.73 Å². The van der Waals surface area contributed by atoms with Crippen LogP contribution in [0.2, 0.25) is 0 Å². The van der Waals surface area contributed by atoms with E-state index in [1.54, 1.807) is 0 Å². The van der Waals surface area contributed by atoms with E-state index in [1.807, 2.05) is 0 Å². The molecule has 0 aromatic rings. The van der Waals surface area contributed by atoms with Gasteiger partial charge in [-0.15, -0.1) is 0 Å². The monoisotopic (exact) mass is 197 g/mol. The van der Waals surface area contributed by atoms with Crippen molar-refractivity contribution >= 4 is 0 Å². The second-order valence-electron chi connectivity index (χ2n) is 3.46. The smallest absolute Gasteiger partial charge is 0.369 e. The quantitative estimate of drug-likeness (QED) is 0.733. The van der Waals surface area contributed by atoms with Crippen LogP contribution in [0.5, 0.6) is 0 Å². The molecule has 78 valence electrons. The number of hydrogen-bond acceptors (Lipinski definition) is 2. The van der Waals surface area contributed by atoms with E-state index in [2.05, 4.69) is 0 Å². The van der Waals surface area contributed by atoms with Crippen molar-refractivity contribution in [1.29, 1.82) is 0 Å². The van der Waals surface area contributed by atoms with Crippen LogP contribution < -0.4 is 5.73 Å². The topological polar surface area (TPSA) is 35.2 Å². The third-order valence-corrected chi connectivity index (χ3v) is 2.20. The Morgan fingerprint density at radius 2 is 1.69 bits per heavy atom. The number of nitrogens with two attached hydrogens (primary N) is 1. The minimum atomic E-state index is -4.21. The lowest BCUT2D eigenvalue weighted by molar-refractivity contribution is -0.188. The van der Waals surface area contributed by atoms with Gasteiger partial charge < -0.3 is 10.5 Å². The molecule has 0 heterocycles. The van der Waals surface area contributed by atoms with Gasteiger partial charge in [0.2, 0.25) is 0 Å². The summed E-state index contributed by atoms with van der Waals surface area (Å²) in [6.45, 7) is -1.13. The van der Waals surface area contributed by atoms with E-state index in [4.69, 9.17) is 10.5 Å². The van der Waals surface area contributed by atoms with Crippen molar-refractivity contribution in [3.8, 4) is 0 Å². The number of ether oxygens (including phenoxy) is 1. The molecule has 0 aromatic heterocycles. The van der Waals surface area contributed by atoms with E-state index in [1.165, 1.54) is 0 Å². The molecule has 0 saturated heterocycles. The molecular formula is C8H14F3NO. The van der Waals surface area contributed by atoms with Crippen LogP contribution in [0.1, 0.15) is 25.7 Å². The maximum atomic E-state index is 11.7.